The molecule has 1 N–H and O–H groups in total. The number of halogens is 2. The second-order valence-electron chi connectivity index (χ2n) is 6.80. The van der Waals surface area contributed by atoms with E-state index in [0.717, 1.165) is 18.1 Å². The van der Waals surface area contributed by atoms with Gasteiger partial charge in [-0.05, 0) is 42.0 Å². The van der Waals surface area contributed by atoms with E-state index in [0.29, 0.717) is 35.3 Å². The average Bonchev–Trinajstić information content (AvgIpc) is 3.23. The Morgan fingerprint density at radius 2 is 2.11 bits per heavy atom. The highest BCUT2D eigenvalue weighted by atomic mass is 32.1. The van der Waals surface area contributed by atoms with Crippen molar-refractivity contribution in [1.82, 2.24) is 9.55 Å². The molecular weight excluding hydrogens is 368 g/mol. The Morgan fingerprint density at radius 3 is 2.78 bits per heavy atom. The van der Waals surface area contributed by atoms with Gasteiger partial charge in [0.05, 0.1) is 0 Å². The maximum Gasteiger partial charge on any atom is 0.274 e. The molecule has 3 aromatic rings. The van der Waals surface area contributed by atoms with Crippen LogP contribution in [0.25, 0.3) is 0 Å². The Hall–Kier alpha value is -2.54. The molecule has 3 rings (SSSR count). The molecule has 27 heavy (non-hydrogen) atoms. The van der Waals surface area contributed by atoms with Crippen LogP contribution in [0.1, 0.15) is 35.5 Å². The fraction of sp³-hybridized carbons (Fsp3) is 0.300. The van der Waals surface area contributed by atoms with Gasteiger partial charge in [0, 0.05) is 30.4 Å². The third kappa shape index (κ3) is 5.01. The van der Waals surface area contributed by atoms with E-state index in [9.17, 15) is 13.6 Å². The summed E-state index contributed by atoms with van der Waals surface area (Å²) >= 11 is 1.35. The zero-order valence-electron chi connectivity index (χ0n) is 15.2. The van der Waals surface area contributed by atoms with Gasteiger partial charge < -0.3 is 4.57 Å². The highest BCUT2D eigenvalue weighted by Crippen LogP contribution is 2.18. The second-order valence-corrected chi connectivity index (χ2v) is 7.70. The maximum absolute atomic E-state index is 13.9. The van der Waals surface area contributed by atoms with E-state index >= 15 is 0 Å². The number of carbonyl (C=O) groups is 1. The van der Waals surface area contributed by atoms with E-state index in [-0.39, 0.29) is 5.91 Å². The van der Waals surface area contributed by atoms with Crippen LogP contribution in [0.15, 0.2) is 42.0 Å². The van der Waals surface area contributed by atoms with Crippen molar-refractivity contribution in [2.75, 3.05) is 5.32 Å². The van der Waals surface area contributed by atoms with Crippen molar-refractivity contribution in [3.05, 3.63) is 70.5 Å². The van der Waals surface area contributed by atoms with Crippen molar-refractivity contribution in [2.24, 2.45) is 5.92 Å². The summed E-state index contributed by atoms with van der Waals surface area (Å²) < 4.78 is 28.8. The molecule has 0 radical (unpaired) electrons. The Labute approximate surface area is 160 Å². The summed E-state index contributed by atoms with van der Waals surface area (Å²) in [5.74, 6) is -0.969. The smallest absolute Gasteiger partial charge is 0.274 e. The Kier molecular flexibility index (Phi) is 6.01. The molecular formula is C20H21F2N3OS. The highest BCUT2D eigenvalue weighted by molar-refractivity contribution is 7.13. The SMILES string of the molecule is CC(C)Cc1cc(C(=O)Nc2nccs2)n(CCc2ccc(F)cc2F)c1. The van der Waals surface area contributed by atoms with Crippen molar-refractivity contribution in [3.8, 4) is 0 Å². The highest BCUT2D eigenvalue weighted by Gasteiger charge is 2.16. The first-order valence-electron chi connectivity index (χ1n) is 8.76. The fourth-order valence-electron chi connectivity index (χ4n) is 2.94. The van der Waals surface area contributed by atoms with Crippen molar-refractivity contribution in [1.29, 1.82) is 0 Å². The van der Waals surface area contributed by atoms with Gasteiger partial charge in [-0.25, -0.2) is 13.8 Å². The van der Waals surface area contributed by atoms with E-state index in [1.54, 1.807) is 11.6 Å². The predicted octanol–water partition coefficient (Wildman–Crippen LogP) is 4.92. The summed E-state index contributed by atoms with van der Waals surface area (Å²) in [6.07, 6.45) is 4.76. The van der Waals surface area contributed by atoms with Gasteiger partial charge >= 0.3 is 0 Å². The van der Waals surface area contributed by atoms with Crippen LogP contribution in [0, 0.1) is 17.6 Å². The minimum atomic E-state index is -0.597. The van der Waals surface area contributed by atoms with Gasteiger partial charge in [-0.2, -0.15) is 0 Å². The lowest BCUT2D eigenvalue weighted by Crippen LogP contribution is -2.17. The fourth-order valence-corrected chi connectivity index (χ4v) is 3.47. The zero-order chi connectivity index (χ0) is 19.4. The number of amides is 1. The monoisotopic (exact) mass is 389 g/mol. The third-order valence-electron chi connectivity index (χ3n) is 4.12. The molecule has 2 aromatic heterocycles. The number of aryl methyl sites for hydroxylation is 2. The number of benzene rings is 1. The van der Waals surface area contributed by atoms with Gasteiger partial charge in [0.15, 0.2) is 5.13 Å². The number of anilines is 1. The average molecular weight is 389 g/mol. The van der Waals surface area contributed by atoms with Crippen LogP contribution in [0.2, 0.25) is 0 Å². The van der Waals surface area contributed by atoms with Gasteiger partial charge in [-0.15, -0.1) is 11.3 Å². The number of aromatic nitrogens is 2. The first-order valence-corrected chi connectivity index (χ1v) is 9.64. The predicted molar refractivity (Wildman–Crippen MR) is 103 cm³/mol. The van der Waals surface area contributed by atoms with E-state index in [4.69, 9.17) is 0 Å². The van der Waals surface area contributed by atoms with E-state index in [1.165, 1.54) is 23.5 Å². The molecule has 7 heteroatoms. The van der Waals surface area contributed by atoms with Gasteiger partial charge in [-0.1, -0.05) is 19.9 Å². The maximum atomic E-state index is 13.9. The molecule has 0 saturated heterocycles. The third-order valence-corrected chi connectivity index (χ3v) is 4.81. The van der Waals surface area contributed by atoms with Gasteiger partial charge in [0.2, 0.25) is 0 Å². The lowest BCUT2D eigenvalue weighted by atomic mass is 10.1. The minimum Gasteiger partial charge on any atom is -0.343 e. The van der Waals surface area contributed by atoms with E-state index in [1.807, 2.05) is 16.8 Å². The number of hydrogen-bond acceptors (Lipinski definition) is 3. The molecule has 4 nitrogen and oxygen atoms in total. The van der Waals surface area contributed by atoms with Crippen LogP contribution in [-0.4, -0.2) is 15.5 Å². The summed E-state index contributed by atoms with van der Waals surface area (Å²) in [5.41, 5.74) is 1.97. The lowest BCUT2D eigenvalue weighted by Gasteiger charge is -2.09. The van der Waals surface area contributed by atoms with E-state index < -0.39 is 11.6 Å². The molecule has 0 spiro atoms. The molecule has 0 atom stereocenters. The van der Waals surface area contributed by atoms with E-state index in [2.05, 4.69) is 24.1 Å². The number of carbonyl (C=O) groups excluding carboxylic acids is 1. The summed E-state index contributed by atoms with van der Waals surface area (Å²) in [5, 5.41) is 5.10. The van der Waals surface area contributed by atoms with Crippen molar-refractivity contribution < 1.29 is 13.6 Å². The quantitative estimate of drug-likeness (QED) is 0.624. The molecule has 0 bridgehead atoms. The lowest BCUT2D eigenvalue weighted by molar-refractivity contribution is 0.101. The molecule has 1 amide bonds. The zero-order valence-corrected chi connectivity index (χ0v) is 16.0. The Bertz CT molecular complexity index is 919. The van der Waals surface area contributed by atoms with Crippen LogP contribution >= 0.6 is 11.3 Å². The first-order chi connectivity index (χ1) is 12.9. The molecule has 0 unspecified atom stereocenters. The van der Waals surface area contributed by atoms with Gasteiger partial charge in [0.25, 0.3) is 5.91 Å². The summed E-state index contributed by atoms with van der Waals surface area (Å²) in [6.45, 7) is 4.64. The van der Waals surface area contributed by atoms with Crippen LogP contribution in [0.5, 0.6) is 0 Å². The molecule has 0 fully saturated rings. The van der Waals surface area contributed by atoms with Crippen LogP contribution < -0.4 is 5.32 Å². The number of nitrogens with one attached hydrogen (secondary N) is 1. The molecule has 2 heterocycles. The summed E-state index contributed by atoms with van der Waals surface area (Å²) in [4.78, 5) is 16.7. The topological polar surface area (TPSA) is 46.9 Å². The van der Waals surface area contributed by atoms with Gasteiger partial charge in [0.1, 0.15) is 17.3 Å². The number of hydrogen-bond donors (Lipinski definition) is 1. The standard InChI is InChI=1S/C20H21F2N3OS/c1-13(2)9-14-10-18(19(26)24-20-23-6-8-27-20)25(12-14)7-5-15-3-4-16(21)11-17(15)22/h3-4,6,8,10-13H,5,7,9H2,1-2H3,(H,23,24,26). The van der Waals surface area contributed by atoms with Gasteiger partial charge in [-0.3, -0.25) is 10.1 Å². The Balaban J connectivity index is 1.81. The molecule has 1 aromatic carbocycles. The summed E-state index contributed by atoms with van der Waals surface area (Å²) in [6, 6.07) is 5.43. The molecule has 0 saturated carbocycles. The summed E-state index contributed by atoms with van der Waals surface area (Å²) in [7, 11) is 0. The van der Waals surface area contributed by atoms with Crippen molar-refractivity contribution >= 4 is 22.4 Å². The van der Waals surface area contributed by atoms with Crippen LogP contribution in [0.3, 0.4) is 0 Å². The van der Waals surface area contributed by atoms with Crippen LogP contribution in [0.4, 0.5) is 13.9 Å². The normalized spacial score (nSPS) is 11.1. The Morgan fingerprint density at radius 1 is 1.30 bits per heavy atom. The number of rotatable bonds is 7. The molecule has 0 aliphatic heterocycles. The largest absolute Gasteiger partial charge is 0.343 e. The second kappa shape index (κ2) is 8.43. The molecule has 142 valence electrons. The minimum absolute atomic E-state index is 0.250. The van der Waals surface area contributed by atoms with Crippen molar-refractivity contribution in [3.63, 3.8) is 0 Å². The molecule has 0 aliphatic carbocycles. The van der Waals surface area contributed by atoms with Crippen molar-refractivity contribution in [2.45, 2.75) is 33.2 Å². The number of thiazole rings is 1. The molecule has 0 aliphatic rings. The first kappa shape index (κ1) is 19.2. The van der Waals surface area contributed by atoms with Crippen LogP contribution in [-0.2, 0) is 19.4 Å². The number of nitrogens with zero attached hydrogens (tertiary/aromatic N) is 2.